The van der Waals surface area contributed by atoms with Crippen LogP contribution in [0, 0.1) is 12.3 Å². The van der Waals surface area contributed by atoms with Gasteiger partial charge >= 0.3 is 5.97 Å². The Labute approximate surface area is 145 Å². The molecule has 1 saturated carbocycles. The van der Waals surface area contributed by atoms with Gasteiger partial charge in [0.05, 0.1) is 10.3 Å². The molecule has 1 aliphatic carbocycles. The van der Waals surface area contributed by atoms with E-state index in [4.69, 9.17) is 0 Å². The summed E-state index contributed by atoms with van der Waals surface area (Å²) in [5.41, 5.74) is 4.81. The SMILES string of the molecule is CCc1sc(C(=O)NNC(=O)CC2(C(=O)O)CCCCC2)cc1C. The lowest BCUT2D eigenvalue weighted by Gasteiger charge is -2.32. The van der Waals surface area contributed by atoms with Crippen molar-refractivity contribution in [3.63, 3.8) is 0 Å². The van der Waals surface area contributed by atoms with Gasteiger partial charge in [-0.05, 0) is 37.8 Å². The van der Waals surface area contributed by atoms with E-state index in [1.165, 1.54) is 11.3 Å². The van der Waals surface area contributed by atoms with Gasteiger partial charge in [-0.25, -0.2) is 0 Å². The van der Waals surface area contributed by atoms with Gasteiger partial charge in [-0.1, -0.05) is 26.2 Å². The van der Waals surface area contributed by atoms with Gasteiger partial charge < -0.3 is 5.11 Å². The zero-order chi connectivity index (χ0) is 17.7. The van der Waals surface area contributed by atoms with Crippen LogP contribution in [0.3, 0.4) is 0 Å². The summed E-state index contributed by atoms with van der Waals surface area (Å²) in [5.74, 6) is -1.76. The van der Waals surface area contributed by atoms with E-state index in [1.807, 2.05) is 13.8 Å². The second-order valence-electron chi connectivity index (χ2n) is 6.40. The van der Waals surface area contributed by atoms with E-state index in [9.17, 15) is 19.5 Å². The molecule has 0 aromatic carbocycles. The zero-order valence-electron chi connectivity index (χ0n) is 14.1. The van der Waals surface area contributed by atoms with Crippen molar-refractivity contribution < 1.29 is 19.5 Å². The van der Waals surface area contributed by atoms with Crippen molar-refractivity contribution >= 4 is 29.1 Å². The van der Waals surface area contributed by atoms with Crippen LogP contribution < -0.4 is 10.9 Å². The minimum Gasteiger partial charge on any atom is -0.481 e. The Morgan fingerprint density at radius 3 is 2.42 bits per heavy atom. The van der Waals surface area contributed by atoms with E-state index in [0.717, 1.165) is 36.1 Å². The molecule has 3 N–H and O–H groups in total. The molecule has 2 rings (SSSR count). The van der Waals surface area contributed by atoms with Gasteiger partial charge in [0.15, 0.2) is 0 Å². The van der Waals surface area contributed by atoms with Crippen LogP contribution in [0.15, 0.2) is 6.07 Å². The van der Waals surface area contributed by atoms with E-state index in [2.05, 4.69) is 10.9 Å². The highest BCUT2D eigenvalue weighted by atomic mass is 32.1. The van der Waals surface area contributed by atoms with Crippen LogP contribution in [0.1, 0.15) is 65.6 Å². The third kappa shape index (κ3) is 4.14. The molecule has 1 heterocycles. The maximum absolute atomic E-state index is 12.1. The fourth-order valence-electron chi connectivity index (χ4n) is 3.22. The second kappa shape index (κ2) is 7.79. The molecule has 0 radical (unpaired) electrons. The molecule has 0 unspecified atom stereocenters. The Balaban J connectivity index is 1.92. The maximum atomic E-state index is 12.1. The summed E-state index contributed by atoms with van der Waals surface area (Å²) in [6.45, 7) is 3.97. The van der Waals surface area contributed by atoms with Crippen molar-refractivity contribution in [1.29, 1.82) is 0 Å². The summed E-state index contributed by atoms with van der Waals surface area (Å²) in [7, 11) is 0. The number of carboxylic acids is 1. The fraction of sp³-hybridized carbons (Fsp3) is 0.588. The van der Waals surface area contributed by atoms with E-state index in [1.54, 1.807) is 6.07 Å². The number of thiophene rings is 1. The summed E-state index contributed by atoms with van der Waals surface area (Å²) in [4.78, 5) is 37.5. The standard InChI is InChI=1S/C17H24N2O4S/c1-3-12-11(2)9-13(24-12)15(21)19-18-14(20)10-17(16(22)23)7-5-4-6-8-17/h9H,3-8,10H2,1-2H3,(H,18,20)(H,19,21)(H,22,23). The third-order valence-electron chi connectivity index (χ3n) is 4.64. The smallest absolute Gasteiger partial charge is 0.310 e. The Kier molecular flexibility index (Phi) is 5.99. The van der Waals surface area contributed by atoms with Crippen molar-refractivity contribution in [3.05, 3.63) is 21.4 Å². The molecule has 7 heteroatoms. The average molecular weight is 352 g/mol. The molecule has 24 heavy (non-hydrogen) atoms. The van der Waals surface area contributed by atoms with Crippen LogP contribution in [0.25, 0.3) is 0 Å². The molecule has 1 aliphatic rings. The summed E-state index contributed by atoms with van der Waals surface area (Å²) < 4.78 is 0. The number of hydrogen-bond donors (Lipinski definition) is 3. The molecule has 0 bridgehead atoms. The second-order valence-corrected chi connectivity index (χ2v) is 7.53. The topological polar surface area (TPSA) is 95.5 Å². The summed E-state index contributed by atoms with van der Waals surface area (Å²) in [6, 6.07) is 1.80. The first-order valence-corrected chi connectivity index (χ1v) is 9.11. The van der Waals surface area contributed by atoms with Crippen molar-refractivity contribution in [2.24, 2.45) is 5.41 Å². The minimum atomic E-state index is -0.998. The molecular formula is C17H24N2O4S. The predicted octanol–water partition coefficient (Wildman–Crippen LogP) is 2.81. The van der Waals surface area contributed by atoms with Crippen LogP contribution in [0.2, 0.25) is 0 Å². The minimum absolute atomic E-state index is 0.105. The number of carbonyl (C=O) groups excluding carboxylic acids is 2. The number of carbonyl (C=O) groups is 3. The van der Waals surface area contributed by atoms with Crippen molar-refractivity contribution in [3.8, 4) is 0 Å². The number of nitrogens with one attached hydrogen (secondary N) is 2. The maximum Gasteiger partial charge on any atom is 0.310 e. The number of aliphatic carboxylic acids is 1. The van der Waals surface area contributed by atoms with Crippen LogP contribution in [-0.4, -0.2) is 22.9 Å². The van der Waals surface area contributed by atoms with Crippen LogP contribution >= 0.6 is 11.3 Å². The first-order chi connectivity index (χ1) is 11.4. The lowest BCUT2D eigenvalue weighted by molar-refractivity contribution is -0.154. The molecule has 1 aromatic heterocycles. The normalized spacial score (nSPS) is 16.4. The molecule has 0 spiro atoms. The van der Waals surface area contributed by atoms with Gasteiger partial charge in [0.25, 0.3) is 5.91 Å². The van der Waals surface area contributed by atoms with E-state index < -0.39 is 17.3 Å². The van der Waals surface area contributed by atoms with E-state index in [0.29, 0.717) is 17.7 Å². The predicted molar refractivity (Wildman–Crippen MR) is 91.8 cm³/mol. The number of aryl methyl sites for hydroxylation is 2. The molecule has 0 saturated heterocycles. The lowest BCUT2D eigenvalue weighted by Crippen LogP contribution is -2.45. The molecule has 0 atom stereocenters. The van der Waals surface area contributed by atoms with Gasteiger partial charge in [-0.15, -0.1) is 11.3 Å². The highest BCUT2D eigenvalue weighted by Gasteiger charge is 2.41. The van der Waals surface area contributed by atoms with Crippen LogP contribution in [-0.2, 0) is 16.0 Å². The Hall–Kier alpha value is -1.89. The average Bonchev–Trinajstić information content (AvgIpc) is 2.94. The summed E-state index contributed by atoms with van der Waals surface area (Å²) >= 11 is 1.40. The first-order valence-electron chi connectivity index (χ1n) is 8.30. The molecule has 2 amide bonds. The van der Waals surface area contributed by atoms with E-state index in [-0.39, 0.29) is 12.3 Å². The van der Waals surface area contributed by atoms with Gasteiger partial charge in [-0.3, -0.25) is 25.2 Å². The van der Waals surface area contributed by atoms with Crippen molar-refractivity contribution in [1.82, 2.24) is 10.9 Å². The first kappa shape index (κ1) is 18.4. The highest BCUT2D eigenvalue weighted by Crippen LogP contribution is 2.39. The number of amides is 2. The van der Waals surface area contributed by atoms with Crippen molar-refractivity contribution in [2.45, 2.75) is 58.8 Å². The molecule has 0 aliphatic heterocycles. The largest absolute Gasteiger partial charge is 0.481 e. The zero-order valence-corrected chi connectivity index (χ0v) is 14.9. The number of rotatable bonds is 5. The quantitative estimate of drug-likeness (QED) is 0.710. The summed E-state index contributed by atoms with van der Waals surface area (Å²) in [5, 5.41) is 9.49. The van der Waals surface area contributed by atoms with Crippen molar-refractivity contribution in [2.75, 3.05) is 0 Å². The molecular weight excluding hydrogens is 328 g/mol. The highest BCUT2D eigenvalue weighted by molar-refractivity contribution is 7.14. The van der Waals surface area contributed by atoms with Crippen LogP contribution in [0.5, 0.6) is 0 Å². The number of hydrogen-bond acceptors (Lipinski definition) is 4. The lowest BCUT2D eigenvalue weighted by atomic mass is 9.72. The Bertz CT molecular complexity index is 633. The number of carboxylic acid groups (broad SMARTS) is 1. The fourth-order valence-corrected chi connectivity index (χ4v) is 4.23. The van der Waals surface area contributed by atoms with Crippen LogP contribution in [0.4, 0.5) is 0 Å². The van der Waals surface area contributed by atoms with Gasteiger partial charge in [0.2, 0.25) is 5.91 Å². The Morgan fingerprint density at radius 1 is 1.21 bits per heavy atom. The van der Waals surface area contributed by atoms with Gasteiger partial charge in [0.1, 0.15) is 0 Å². The monoisotopic (exact) mass is 352 g/mol. The third-order valence-corrected chi connectivity index (χ3v) is 6.02. The van der Waals surface area contributed by atoms with E-state index >= 15 is 0 Å². The number of hydrazine groups is 1. The molecule has 6 nitrogen and oxygen atoms in total. The van der Waals surface area contributed by atoms with Gasteiger partial charge in [-0.2, -0.15) is 0 Å². The summed E-state index contributed by atoms with van der Waals surface area (Å²) in [6.07, 6.45) is 4.41. The van der Waals surface area contributed by atoms with Gasteiger partial charge in [0, 0.05) is 11.3 Å². The molecule has 1 aromatic rings. The Morgan fingerprint density at radius 2 is 1.88 bits per heavy atom. The molecule has 132 valence electrons. The molecule has 1 fully saturated rings.